The highest BCUT2D eigenvalue weighted by molar-refractivity contribution is 6.36. The zero-order valence-electron chi connectivity index (χ0n) is 13.1. The summed E-state index contributed by atoms with van der Waals surface area (Å²) in [6.07, 6.45) is 1.69. The molecule has 0 aliphatic heterocycles. The van der Waals surface area contributed by atoms with Crippen LogP contribution in [0.2, 0.25) is 10.0 Å². The summed E-state index contributed by atoms with van der Waals surface area (Å²) >= 11 is 12.1. The number of rotatable bonds is 5. The number of aryl methyl sites for hydroxylation is 1. The summed E-state index contributed by atoms with van der Waals surface area (Å²) in [6.45, 7) is 2.79. The molecule has 0 aliphatic carbocycles. The van der Waals surface area contributed by atoms with Crippen molar-refractivity contribution in [1.82, 2.24) is 9.97 Å². The summed E-state index contributed by atoms with van der Waals surface area (Å²) in [6, 6.07) is 15.3. The Labute approximate surface area is 150 Å². The molecule has 0 unspecified atom stereocenters. The molecule has 1 heterocycles. The zero-order chi connectivity index (χ0) is 16.9. The Morgan fingerprint density at radius 2 is 1.88 bits per heavy atom. The van der Waals surface area contributed by atoms with Crippen LogP contribution in [0.5, 0.6) is 0 Å². The number of benzene rings is 2. The van der Waals surface area contributed by atoms with E-state index in [1.807, 2.05) is 18.2 Å². The lowest BCUT2D eigenvalue weighted by atomic mass is 10.1. The van der Waals surface area contributed by atoms with Crippen molar-refractivity contribution in [3.05, 3.63) is 75.9 Å². The van der Waals surface area contributed by atoms with E-state index < -0.39 is 0 Å². The van der Waals surface area contributed by atoms with Gasteiger partial charge in [-0.1, -0.05) is 47.5 Å². The molecule has 0 aliphatic rings. The fourth-order valence-corrected chi connectivity index (χ4v) is 2.68. The first-order valence-corrected chi connectivity index (χ1v) is 8.21. The minimum atomic E-state index is 0.467. The van der Waals surface area contributed by atoms with Crippen LogP contribution in [-0.2, 0) is 6.54 Å². The molecule has 2 aromatic carbocycles. The zero-order valence-corrected chi connectivity index (χ0v) is 14.6. The van der Waals surface area contributed by atoms with Crippen molar-refractivity contribution < 1.29 is 0 Å². The first-order chi connectivity index (χ1) is 11.6. The van der Waals surface area contributed by atoms with Crippen LogP contribution in [0, 0.1) is 6.92 Å². The van der Waals surface area contributed by atoms with Gasteiger partial charge in [0.15, 0.2) is 0 Å². The van der Waals surface area contributed by atoms with Gasteiger partial charge < -0.3 is 10.6 Å². The van der Waals surface area contributed by atoms with Crippen LogP contribution in [0.1, 0.15) is 11.1 Å². The Balaban J connectivity index is 1.71. The van der Waals surface area contributed by atoms with Gasteiger partial charge in [-0.3, -0.25) is 0 Å². The maximum atomic E-state index is 6.16. The van der Waals surface area contributed by atoms with Gasteiger partial charge in [-0.05, 0) is 42.3 Å². The van der Waals surface area contributed by atoms with Crippen molar-refractivity contribution in [1.29, 1.82) is 0 Å². The lowest BCUT2D eigenvalue weighted by Crippen LogP contribution is -2.05. The fourth-order valence-electron chi connectivity index (χ4n) is 2.22. The average molecular weight is 359 g/mol. The highest BCUT2D eigenvalue weighted by atomic mass is 35.5. The first-order valence-electron chi connectivity index (χ1n) is 7.45. The van der Waals surface area contributed by atoms with Crippen LogP contribution < -0.4 is 10.6 Å². The van der Waals surface area contributed by atoms with Crippen molar-refractivity contribution in [2.24, 2.45) is 0 Å². The molecule has 1 aromatic heterocycles. The second-order valence-electron chi connectivity index (χ2n) is 5.29. The van der Waals surface area contributed by atoms with Crippen LogP contribution in [0.3, 0.4) is 0 Å². The SMILES string of the molecule is Cc1ccccc1CNc1ccnc(Nc2ccc(Cl)cc2Cl)n1. The molecular weight excluding hydrogens is 343 g/mol. The quantitative estimate of drug-likeness (QED) is 0.636. The minimum Gasteiger partial charge on any atom is -0.366 e. The molecule has 0 atom stereocenters. The number of nitrogens with zero attached hydrogens (tertiary/aromatic N) is 2. The Hall–Kier alpha value is -2.30. The van der Waals surface area contributed by atoms with E-state index in [1.165, 1.54) is 11.1 Å². The molecule has 2 N–H and O–H groups in total. The third-order valence-electron chi connectivity index (χ3n) is 3.55. The topological polar surface area (TPSA) is 49.8 Å². The second-order valence-corrected chi connectivity index (χ2v) is 6.14. The number of hydrogen-bond donors (Lipinski definition) is 2. The van der Waals surface area contributed by atoms with E-state index in [2.05, 4.69) is 39.7 Å². The third kappa shape index (κ3) is 4.16. The summed E-state index contributed by atoms with van der Waals surface area (Å²) in [5.41, 5.74) is 3.17. The Bertz CT molecular complexity index is 852. The van der Waals surface area contributed by atoms with Crippen LogP contribution in [0.15, 0.2) is 54.7 Å². The summed E-state index contributed by atoms with van der Waals surface area (Å²) in [5, 5.41) is 7.50. The molecule has 3 aromatic rings. The van der Waals surface area contributed by atoms with Gasteiger partial charge in [0.1, 0.15) is 5.82 Å². The normalized spacial score (nSPS) is 10.5. The van der Waals surface area contributed by atoms with Crippen molar-refractivity contribution in [3.63, 3.8) is 0 Å². The monoisotopic (exact) mass is 358 g/mol. The van der Waals surface area contributed by atoms with Gasteiger partial charge in [0.2, 0.25) is 5.95 Å². The molecular formula is C18H16Cl2N4. The van der Waals surface area contributed by atoms with Gasteiger partial charge in [0.25, 0.3) is 0 Å². The fraction of sp³-hybridized carbons (Fsp3) is 0.111. The van der Waals surface area contributed by atoms with Gasteiger partial charge in [-0.15, -0.1) is 0 Å². The van der Waals surface area contributed by atoms with Crippen LogP contribution >= 0.6 is 23.2 Å². The molecule has 3 rings (SSSR count). The van der Waals surface area contributed by atoms with Gasteiger partial charge >= 0.3 is 0 Å². The maximum Gasteiger partial charge on any atom is 0.229 e. The first kappa shape index (κ1) is 16.6. The summed E-state index contributed by atoms with van der Waals surface area (Å²) < 4.78 is 0. The minimum absolute atomic E-state index is 0.467. The van der Waals surface area contributed by atoms with Crippen molar-refractivity contribution >= 4 is 40.7 Å². The predicted octanol–water partition coefficient (Wildman–Crippen LogP) is 5.45. The molecule has 0 spiro atoms. The highest BCUT2D eigenvalue weighted by Gasteiger charge is 2.05. The molecule has 24 heavy (non-hydrogen) atoms. The number of halogens is 2. The lowest BCUT2D eigenvalue weighted by molar-refractivity contribution is 1.07. The average Bonchev–Trinajstić information content (AvgIpc) is 2.57. The summed E-state index contributed by atoms with van der Waals surface area (Å²) in [7, 11) is 0. The standard InChI is InChI=1S/C18H16Cl2N4/c1-12-4-2-3-5-13(12)11-22-17-8-9-21-18(24-17)23-16-7-6-14(19)10-15(16)20/h2-10H,11H2,1H3,(H2,21,22,23,24). The van der Waals surface area contributed by atoms with Crippen molar-refractivity contribution in [2.45, 2.75) is 13.5 Å². The highest BCUT2D eigenvalue weighted by Crippen LogP contribution is 2.27. The Morgan fingerprint density at radius 3 is 2.67 bits per heavy atom. The van der Waals surface area contributed by atoms with E-state index in [0.717, 1.165) is 5.82 Å². The summed E-state index contributed by atoms with van der Waals surface area (Å²) in [5.74, 6) is 1.20. The smallest absolute Gasteiger partial charge is 0.229 e. The number of nitrogens with one attached hydrogen (secondary N) is 2. The molecule has 0 saturated carbocycles. The summed E-state index contributed by atoms with van der Waals surface area (Å²) in [4.78, 5) is 8.67. The van der Waals surface area contributed by atoms with E-state index in [-0.39, 0.29) is 0 Å². The van der Waals surface area contributed by atoms with Gasteiger partial charge in [-0.25, -0.2) is 4.98 Å². The third-order valence-corrected chi connectivity index (χ3v) is 4.10. The van der Waals surface area contributed by atoms with E-state index >= 15 is 0 Å². The molecule has 122 valence electrons. The van der Waals surface area contributed by atoms with Crippen LogP contribution in [-0.4, -0.2) is 9.97 Å². The van der Waals surface area contributed by atoms with E-state index in [0.29, 0.717) is 28.2 Å². The van der Waals surface area contributed by atoms with Crippen LogP contribution in [0.25, 0.3) is 0 Å². The number of aromatic nitrogens is 2. The van der Waals surface area contributed by atoms with Gasteiger partial charge in [-0.2, -0.15) is 4.98 Å². The molecule has 0 amide bonds. The lowest BCUT2D eigenvalue weighted by Gasteiger charge is -2.10. The van der Waals surface area contributed by atoms with Crippen molar-refractivity contribution in [3.8, 4) is 0 Å². The maximum absolute atomic E-state index is 6.16. The van der Waals surface area contributed by atoms with E-state index in [4.69, 9.17) is 23.2 Å². The van der Waals surface area contributed by atoms with Gasteiger partial charge in [0, 0.05) is 17.8 Å². The number of hydrogen-bond acceptors (Lipinski definition) is 4. The van der Waals surface area contributed by atoms with Gasteiger partial charge in [0.05, 0.1) is 10.7 Å². The molecule has 6 heteroatoms. The Kier molecular flexibility index (Phi) is 5.18. The Morgan fingerprint density at radius 1 is 1.04 bits per heavy atom. The molecule has 0 radical (unpaired) electrons. The largest absolute Gasteiger partial charge is 0.366 e. The number of anilines is 3. The molecule has 0 saturated heterocycles. The predicted molar refractivity (Wildman–Crippen MR) is 100 cm³/mol. The van der Waals surface area contributed by atoms with Crippen molar-refractivity contribution in [2.75, 3.05) is 10.6 Å². The van der Waals surface area contributed by atoms with Crippen LogP contribution in [0.4, 0.5) is 17.5 Å². The second kappa shape index (κ2) is 7.51. The molecule has 0 bridgehead atoms. The molecule has 0 fully saturated rings. The van der Waals surface area contributed by atoms with E-state index in [9.17, 15) is 0 Å². The van der Waals surface area contributed by atoms with E-state index in [1.54, 1.807) is 24.4 Å². The molecule has 4 nitrogen and oxygen atoms in total.